The van der Waals surface area contributed by atoms with E-state index in [1.54, 1.807) is 23.1 Å². The third-order valence-corrected chi connectivity index (χ3v) is 5.14. The first-order valence-electron chi connectivity index (χ1n) is 6.55. The second-order valence-corrected chi connectivity index (χ2v) is 6.69. The summed E-state index contributed by atoms with van der Waals surface area (Å²) in [7, 11) is 0. The van der Waals surface area contributed by atoms with Gasteiger partial charge in [-0.1, -0.05) is 23.0 Å². The predicted molar refractivity (Wildman–Crippen MR) is 79.9 cm³/mol. The van der Waals surface area contributed by atoms with E-state index in [2.05, 4.69) is 20.9 Å². The minimum atomic E-state index is 0.666. The molecule has 20 heavy (non-hydrogen) atoms. The van der Waals surface area contributed by atoms with Crippen LogP contribution in [0.2, 0.25) is 0 Å². The lowest BCUT2D eigenvalue weighted by Gasteiger charge is -2.03. The average molecular weight is 303 g/mol. The second kappa shape index (κ2) is 5.10. The van der Waals surface area contributed by atoms with E-state index in [1.807, 2.05) is 29.8 Å². The van der Waals surface area contributed by atoms with Gasteiger partial charge in [-0.2, -0.15) is 0 Å². The van der Waals surface area contributed by atoms with Crippen LogP contribution in [0.25, 0.3) is 10.6 Å². The summed E-state index contributed by atoms with van der Waals surface area (Å²) in [5.74, 6) is 1.64. The molecule has 0 saturated heterocycles. The van der Waals surface area contributed by atoms with Gasteiger partial charge in [0.05, 0.1) is 10.6 Å². The van der Waals surface area contributed by atoms with Crippen molar-refractivity contribution in [1.29, 1.82) is 0 Å². The monoisotopic (exact) mass is 303 g/mol. The van der Waals surface area contributed by atoms with Crippen molar-refractivity contribution in [1.82, 2.24) is 14.7 Å². The van der Waals surface area contributed by atoms with Gasteiger partial charge < -0.3 is 9.09 Å². The van der Waals surface area contributed by atoms with Gasteiger partial charge in [-0.25, -0.2) is 4.98 Å². The Morgan fingerprint density at radius 2 is 2.40 bits per heavy atom. The van der Waals surface area contributed by atoms with Crippen LogP contribution >= 0.6 is 23.1 Å². The molecule has 0 aliphatic heterocycles. The Bertz CT molecular complexity index is 698. The van der Waals surface area contributed by atoms with Gasteiger partial charge in [-0.05, 0) is 24.3 Å². The van der Waals surface area contributed by atoms with Gasteiger partial charge >= 0.3 is 0 Å². The van der Waals surface area contributed by atoms with Crippen molar-refractivity contribution in [2.75, 3.05) is 0 Å². The molecule has 0 bridgehead atoms. The van der Waals surface area contributed by atoms with Crippen LogP contribution in [0.1, 0.15) is 24.6 Å². The lowest BCUT2D eigenvalue weighted by atomic mass is 10.3. The molecular weight excluding hydrogens is 290 g/mol. The maximum atomic E-state index is 5.39. The fraction of sp³-hybridized carbons (Fsp3) is 0.286. The van der Waals surface area contributed by atoms with Crippen LogP contribution in [-0.2, 0) is 5.75 Å². The number of nitrogens with zero attached hydrogens (tertiary/aromatic N) is 3. The summed E-state index contributed by atoms with van der Waals surface area (Å²) in [6.45, 7) is 0. The zero-order chi connectivity index (χ0) is 13.4. The highest BCUT2D eigenvalue weighted by atomic mass is 32.2. The number of aromatic nitrogens is 3. The lowest BCUT2D eigenvalue weighted by Crippen LogP contribution is -1.94. The Labute approximate surface area is 124 Å². The molecule has 4 rings (SSSR count). The van der Waals surface area contributed by atoms with Crippen LogP contribution in [0.15, 0.2) is 45.7 Å². The number of thioether (sulfide) groups is 1. The van der Waals surface area contributed by atoms with Crippen molar-refractivity contribution in [2.45, 2.75) is 29.8 Å². The number of hydrogen-bond acceptors (Lipinski definition) is 5. The fourth-order valence-corrected chi connectivity index (χ4v) is 3.68. The number of hydrogen-bond donors (Lipinski definition) is 0. The highest BCUT2D eigenvalue weighted by Gasteiger charge is 2.25. The number of rotatable bonds is 5. The summed E-state index contributed by atoms with van der Waals surface area (Å²) in [5.41, 5.74) is 0.962. The summed E-state index contributed by atoms with van der Waals surface area (Å²) < 4.78 is 7.66. The largest absolute Gasteiger partial charge is 0.355 e. The first-order chi connectivity index (χ1) is 9.90. The standard InChI is InChI=1S/C14H13N3OS2/c1-2-13(19-7-1)12-8-10(16-18-12)9-20-14-15-5-6-17(14)11-3-4-11/h1-2,5-8,11H,3-4,9H2. The molecule has 1 saturated carbocycles. The highest BCUT2D eigenvalue weighted by Crippen LogP contribution is 2.38. The number of thiophene rings is 1. The summed E-state index contributed by atoms with van der Waals surface area (Å²) >= 11 is 3.38. The minimum absolute atomic E-state index is 0.666. The average Bonchev–Trinajstić information content (AvgIpc) is 2.93. The summed E-state index contributed by atoms with van der Waals surface area (Å²) in [5, 5.41) is 7.25. The Morgan fingerprint density at radius 3 is 3.20 bits per heavy atom. The summed E-state index contributed by atoms with van der Waals surface area (Å²) in [6, 6.07) is 6.74. The van der Waals surface area contributed by atoms with Crippen LogP contribution in [-0.4, -0.2) is 14.7 Å². The molecule has 0 aromatic carbocycles. The molecule has 1 fully saturated rings. The molecular formula is C14H13N3OS2. The molecule has 0 N–H and O–H groups in total. The second-order valence-electron chi connectivity index (χ2n) is 4.80. The third kappa shape index (κ3) is 2.41. The van der Waals surface area contributed by atoms with E-state index >= 15 is 0 Å². The maximum absolute atomic E-state index is 5.39. The quantitative estimate of drug-likeness (QED) is 0.662. The van der Waals surface area contributed by atoms with E-state index < -0.39 is 0 Å². The summed E-state index contributed by atoms with van der Waals surface area (Å²) in [6.07, 6.45) is 6.49. The molecule has 1 aliphatic rings. The fourth-order valence-electron chi connectivity index (χ4n) is 2.09. The van der Waals surface area contributed by atoms with Crippen molar-refractivity contribution in [3.8, 4) is 10.6 Å². The van der Waals surface area contributed by atoms with Crippen LogP contribution in [0.5, 0.6) is 0 Å². The van der Waals surface area contributed by atoms with E-state index in [-0.39, 0.29) is 0 Å². The molecule has 0 spiro atoms. The van der Waals surface area contributed by atoms with Gasteiger partial charge in [0, 0.05) is 30.3 Å². The van der Waals surface area contributed by atoms with E-state index in [4.69, 9.17) is 4.52 Å². The molecule has 4 nitrogen and oxygen atoms in total. The van der Waals surface area contributed by atoms with Gasteiger partial charge in [-0.3, -0.25) is 0 Å². The topological polar surface area (TPSA) is 43.9 Å². The molecule has 3 aromatic heterocycles. The first kappa shape index (κ1) is 12.2. The highest BCUT2D eigenvalue weighted by molar-refractivity contribution is 7.98. The van der Waals surface area contributed by atoms with Crippen LogP contribution in [0.4, 0.5) is 0 Å². The molecule has 0 atom stereocenters. The van der Waals surface area contributed by atoms with Gasteiger partial charge in [-0.15, -0.1) is 11.3 Å². The molecule has 1 aliphatic carbocycles. The molecule has 0 amide bonds. The Kier molecular flexibility index (Phi) is 3.12. The van der Waals surface area contributed by atoms with E-state index in [1.165, 1.54) is 12.8 Å². The normalized spacial score (nSPS) is 14.8. The number of imidazole rings is 1. The van der Waals surface area contributed by atoms with Gasteiger partial charge in [0.1, 0.15) is 0 Å². The van der Waals surface area contributed by atoms with Crippen molar-refractivity contribution in [3.63, 3.8) is 0 Å². The molecule has 3 heterocycles. The van der Waals surface area contributed by atoms with Crippen molar-refractivity contribution in [2.24, 2.45) is 0 Å². The van der Waals surface area contributed by atoms with Crippen LogP contribution in [0, 0.1) is 0 Å². The lowest BCUT2D eigenvalue weighted by molar-refractivity contribution is 0.427. The van der Waals surface area contributed by atoms with Gasteiger partial charge in [0.2, 0.25) is 0 Å². The SMILES string of the molecule is c1csc(-c2cc(CSc3nccn3C3CC3)no2)c1. The van der Waals surface area contributed by atoms with E-state index in [0.717, 1.165) is 27.2 Å². The predicted octanol–water partition coefficient (Wildman–Crippen LogP) is 4.23. The van der Waals surface area contributed by atoms with Crippen LogP contribution in [0.3, 0.4) is 0 Å². The minimum Gasteiger partial charge on any atom is -0.355 e. The smallest absolute Gasteiger partial charge is 0.177 e. The Hall–Kier alpha value is -1.53. The van der Waals surface area contributed by atoms with Crippen molar-refractivity contribution >= 4 is 23.1 Å². The van der Waals surface area contributed by atoms with Gasteiger partial charge in [0.15, 0.2) is 10.9 Å². The van der Waals surface area contributed by atoms with E-state index in [0.29, 0.717) is 6.04 Å². The summed E-state index contributed by atoms with van der Waals surface area (Å²) in [4.78, 5) is 5.54. The molecule has 102 valence electrons. The molecule has 3 aromatic rings. The molecule has 0 radical (unpaired) electrons. The zero-order valence-corrected chi connectivity index (χ0v) is 12.4. The molecule has 0 unspecified atom stereocenters. The Balaban J connectivity index is 1.45. The van der Waals surface area contributed by atoms with Crippen molar-refractivity contribution < 1.29 is 4.52 Å². The Morgan fingerprint density at radius 1 is 1.45 bits per heavy atom. The third-order valence-electron chi connectivity index (χ3n) is 3.25. The van der Waals surface area contributed by atoms with Crippen LogP contribution < -0.4 is 0 Å². The van der Waals surface area contributed by atoms with Gasteiger partial charge in [0.25, 0.3) is 0 Å². The van der Waals surface area contributed by atoms with Crippen molar-refractivity contribution in [3.05, 3.63) is 41.7 Å². The zero-order valence-electron chi connectivity index (χ0n) is 10.7. The maximum Gasteiger partial charge on any atom is 0.177 e. The molecule has 6 heteroatoms. The first-order valence-corrected chi connectivity index (χ1v) is 8.42. The van der Waals surface area contributed by atoms with E-state index in [9.17, 15) is 0 Å².